The first kappa shape index (κ1) is 39.4. The number of hydrogen-bond acceptors (Lipinski definition) is 8. The standard InChI is InChI=1S/C50H42N2O8/c53-47-28-36(38-25-24-37(29-46(38)60-47)57-30-35-18-8-3-9-19-35)31-58-49(55)45(27-34-16-6-2-7-17-34)51-48(54)44(26-33-14-4-1-5-15-33)52-50(56)59-32-43-41-22-12-10-20-39(41)40-21-11-13-23-42(40)43/h1-25,28-29,43-45H,26-27,30-32H2,(H,51,54)(H,52,56)/t44-,45-/m0/s1. The molecule has 0 fully saturated rings. The number of nitrogens with one attached hydrogen (secondary N) is 2. The van der Waals surface area contributed by atoms with E-state index >= 15 is 0 Å². The minimum absolute atomic E-state index is 0.0665. The minimum atomic E-state index is -1.15. The fourth-order valence-electron chi connectivity index (χ4n) is 7.57. The number of benzene rings is 6. The molecule has 0 bridgehead atoms. The van der Waals surface area contributed by atoms with Crippen LogP contribution in [-0.2, 0) is 45.1 Å². The Morgan fingerprint density at radius 1 is 0.583 bits per heavy atom. The molecule has 10 nitrogen and oxygen atoms in total. The van der Waals surface area contributed by atoms with Crippen LogP contribution in [0.1, 0.15) is 39.3 Å². The molecule has 0 saturated heterocycles. The molecule has 7 aromatic rings. The lowest BCUT2D eigenvalue weighted by atomic mass is 9.98. The predicted molar refractivity (Wildman–Crippen MR) is 227 cm³/mol. The van der Waals surface area contributed by atoms with Gasteiger partial charge in [-0.2, -0.15) is 0 Å². The number of ether oxygens (including phenoxy) is 3. The Morgan fingerprint density at radius 3 is 1.78 bits per heavy atom. The first-order chi connectivity index (χ1) is 29.4. The van der Waals surface area contributed by atoms with Crippen molar-refractivity contribution in [2.45, 2.75) is 44.1 Å². The molecule has 0 aliphatic heterocycles. The van der Waals surface area contributed by atoms with Crippen molar-refractivity contribution >= 4 is 28.9 Å². The van der Waals surface area contributed by atoms with Crippen molar-refractivity contribution in [2.24, 2.45) is 0 Å². The van der Waals surface area contributed by atoms with Crippen LogP contribution >= 0.6 is 0 Å². The maximum absolute atomic E-state index is 14.2. The largest absolute Gasteiger partial charge is 0.489 e. The third kappa shape index (κ3) is 9.45. The third-order valence-corrected chi connectivity index (χ3v) is 10.5. The van der Waals surface area contributed by atoms with E-state index in [1.54, 1.807) is 18.2 Å². The Morgan fingerprint density at radius 2 is 1.15 bits per heavy atom. The molecule has 0 unspecified atom stereocenters. The van der Waals surface area contributed by atoms with Crippen molar-refractivity contribution in [3.8, 4) is 16.9 Å². The molecule has 1 heterocycles. The van der Waals surface area contributed by atoms with Crippen molar-refractivity contribution in [2.75, 3.05) is 6.61 Å². The Balaban J connectivity index is 0.973. The van der Waals surface area contributed by atoms with E-state index in [-0.39, 0.29) is 37.6 Å². The number of rotatable bonds is 15. The van der Waals surface area contributed by atoms with Crippen LogP contribution in [0.2, 0.25) is 0 Å². The van der Waals surface area contributed by atoms with Gasteiger partial charge < -0.3 is 29.3 Å². The summed E-state index contributed by atoms with van der Waals surface area (Å²) in [6.07, 6.45) is -0.528. The topological polar surface area (TPSA) is 133 Å². The van der Waals surface area contributed by atoms with Crippen molar-refractivity contribution < 1.29 is 33.0 Å². The van der Waals surface area contributed by atoms with E-state index in [1.165, 1.54) is 6.07 Å². The van der Waals surface area contributed by atoms with Crippen molar-refractivity contribution in [1.29, 1.82) is 0 Å². The first-order valence-corrected chi connectivity index (χ1v) is 19.8. The Bertz CT molecular complexity index is 2620. The van der Waals surface area contributed by atoms with Crippen LogP contribution in [0.25, 0.3) is 22.1 Å². The highest BCUT2D eigenvalue weighted by Crippen LogP contribution is 2.44. The highest BCUT2D eigenvalue weighted by atomic mass is 16.5. The van der Waals surface area contributed by atoms with Gasteiger partial charge in [0.15, 0.2) is 0 Å². The quantitative estimate of drug-likeness (QED) is 0.0783. The first-order valence-electron chi connectivity index (χ1n) is 19.8. The molecule has 300 valence electrons. The van der Waals surface area contributed by atoms with E-state index in [9.17, 15) is 19.2 Å². The van der Waals surface area contributed by atoms with Crippen molar-refractivity contribution in [1.82, 2.24) is 10.6 Å². The van der Waals surface area contributed by atoms with Gasteiger partial charge in [0.25, 0.3) is 0 Å². The number of esters is 1. The second kappa shape index (κ2) is 18.4. The van der Waals surface area contributed by atoms with E-state index in [4.69, 9.17) is 18.6 Å². The molecule has 0 spiro atoms. The average molecular weight is 799 g/mol. The molecular weight excluding hydrogens is 757 g/mol. The van der Waals surface area contributed by atoms with Crippen LogP contribution in [-0.4, -0.2) is 36.7 Å². The Labute approximate surface area is 346 Å². The SMILES string of the molecule is O=C(N[C@@H](Cc1ccccc1)C(=O)N[C@@H](Cc1ccccc1)C(=O)OCc1cc(=O)oc2cc(OCc3ccccc3)ccc12)OCC1c2ccccc2-c2ccccc21. The van der Waals surface area contributed by atoms with Gasteiger partial charge >= 0.3 is 17.7 Å². The van der Waals surface area contributed by atoms with Gasteiger partial charge in [-0.1, -0.05) is 140 Å². The maximum atomic E-state index is 14.2. The predicted octanol–water partition coefficient (Wildman–Crippen LogP) is 8.29. The van der Waals surface area contributed by atoms with Gasteiger partial charge in [-0.25, -0.2) is 14.4 Å². The van der Waals surface area contributed by atoms with Gasteiger partial charge in [0.05, 0.1) is 0 Å². The van der Waals surface area contributed by atoms with Gasteiger partial charge in [-0.15, -0.1) is 0 Å². The van der Waals surface area contributed by atoms with Crippen molar-refractivity contribution in [3.63, 3.8) is 0 Å². The van der Waals surface area contributed by atoms with Gasteiger partial charge in [0, 0.05) is 41.8 Å². The Hall–Kier alpha value is -7.46. The molecule has 1 aliphatic rings. The zero-order chi connectivity index (χ0) is 41.3. The summed E-state index contributed by atoms with van der Waals surface area (Å²) in [5.41, 5.74) is 6.96. The van der Waals surface area contributed by atoms with Gasteiger partial charge in [-0.3, -0.25) is 4.79 Å². The molecule has 2 amide bonds. The van der Waals surface area contributed by atoms with Gasteiger partial charge in [0.1, 0.15) is 43.2 Å². The monoisotopic (exact) mass is 798 g/mol. The summed E-state index contributed by atoms with van der Waals surface area (Å²) in [5.74, 6) is -0.987. The molecule has 1 aliphatic carbocycles. The fraction of sp³-hybridized carbons (Fsp3) is 0.160. The highest BCUT2D eigenvalue weighted by Gasteiger charge is 2.32. The van der Waals surface area contributed by atoms with Crippen LogP contribution in [0.4, 0.5) is 4.79 Å². The molecule has 1 aromatic heterocycles. The summed E-state index contributed by atoms with van der Waals surface area (Å²) >= 11 is 0. The summed E-state index contributed by atoms with van der Waals surface area (Å²) in [7, 11) is 0. The van der Waals surface area contributed by atoms with Crippen LogP contribution in [0, 0.1) is 0 Å². The van der Waals surface area contributed by atoms with Crippen molar-refractivity contribution in [3.05, 3.63) is 208 Å². The lowest BCUT2D eigenvalue weighted by Crippen LogP contribution is -2.53. The average Bonchev–Trinajstić information content (AvgIpc) is 3.60. The lowest BCUT2D eigenvalue weighted by molar-refractivity contribution is -0.149. The van der Waals surface area contributed by atoms with Crippen LogP contribution < -0.4 is 21.0 Å². The summed E-state index contributed by atoms with van der Waals surface area (Å²) in [6, 6.07) is 48.4. The highest BCUT2D eigenvalue weighted by molar-refractivity contribution is 5.90. The summed E-state index contributed by atoms with van der Waals surface area (Å²) in [4.78, 5) is 54.3. The van der Waals surface area contributed by atoms with E-state index in [0.717, 1.165) is 38.9 Å². The molecule has 2 atom stereocenters. The smallest absolute Gasteiger partial charge is 0.407 e. The molecular formula is C50H42N2O8. The summed E-state index contributed by atoms with van der Waals surface area (Å²) in [5, 5.41) is 6.19. The van der Waals surface area contributed by atoms with E-state index in [1.807, 2.05) is 127 Å². The third-order valence-electron chi connectivity index (χ3n) is 10.5. The Kier molecular flexibility index (Phi) is 12.1. The summed E-state index contributed by atoms with van der Waals surface area (Å²) in [6.45, 7) is 0.130. The van der Waals surface area contributed by atoms with E-state index in [0.29, 0.717) is 23.3 Å². The number of carbonyl (C=O) groups is 3. The number of amides is 2. The number of hydrogen-bond donors (Lipinski definition) is 2. The summed E-state index contributed by atoms with van der Waals surface area (Å²) < 4.78 is 23.0. The molecule has 6 aromatic carbocycles. The molecule has 0 saturated carbocycles. The molecule has 60 heavy (non-hydrogen) atoms. The molecule has 2 N–H and O–H groups in total. The number of alkyl carbamates (subject to hydrolysis) is 1. The second-order valence-electron chi connectivity index (χ2n) is 14.6. The fourth-order valence-corrected chi connectivity index (χ4v) is 7.57. The van der Waals surface area contributed by atoms with Gasteiger partial charge in [0.2, 0.25) is 5.91 Å². The van der Waals surface area contributed by atoms with Gasteiger partial charge in [-0.05, 0) is 51.1 Å². The zero-order valence-corrected chi connectivity index (χ0v) is 32.6. The zero-order valence-electron chi connectivity index (χ0n) is 32.6. The van der Waals surface area contributed by atoms with E-state index < -0.39 is 35.7 Å². The minimum Gasteiger partial charge on any atom is -0.489 e. The maximum Gasteiger partial charge on any atom is 0.407 e. The van der Waals surface area contributed by atoms with Crippen LogP contribution in [0.5, 0.6) is 5.75 Å². The number of carbonyl (C=O) groups excluding carboxylic acids is 3. The molecule has 8 rings (SSSR count). The lowest BCUT2D eigenvalue weighted by Gasteiger charge is -2.23. The van der Waals surface area contributed by atoms with Crippen LogP contribution in [0.15, 0.2) is 173 Å². The number of fused-ring (bicyclic) bond motifs is 4. The van der Waals surface area contributed by atoms with E-state index in [2.05, 4.69) is 22.8 Å². The normalized spacial score (nSPS) is 12.7. The molecule has 0 radical (unpaired) electrons. The van der Waals surface area contributed by atoms with Crippen LogP contribution in [0.3, 0.4) is 0 Å². The second-order valence-corrected chi connectivity index (χ2v) is 14.6. The molecule has 10 heteroatoms.